The van der Waals surface area contributed by atoms with Crippen molar-refractivity contribution in [2.24, 2.45) is 0 Å². The third kappa shape index (κ3) is 5.00. The maximum absolute atomic E-state index is 12.8. The maximum atomic E-state index is 12.8. The monoisotopic (exact) mass is 460 g/mol. The van der Waals surface area contributed by atoms with Gasteiger partial charge < -0.3 is 14.4 Å². The molecule has 0 bridgehead atoms. The molecule has 0 radical (unpaired) electrons. The highest BCUT2D eigenvalue weighted by atomic mass is 35.5. The van der Waals surface area contributed by atoms with Gasteiger partial charge in [0.15, 0.2) is 0 Å². The first-order valence-corrected chi connectivity index (χ1v) is 9.85. The second-order valence-corrected chi connectivity index (χ2v) is 7.36. The van der Waals surface area contributed by atoms with Crippen molar-refractivity contribution >= 4 is 17.5 Å². The number of hydrogen-bond acceptors (Lipinski definition) is 4. The van der Waals surface area contributed by atoms with Crippen LogP contribution in [0.25, 0.3) is 23.0 Å². The van der Waals surface area contributed by atoms with E-state index in [-0.39, 0.29) is 24.9 Å². The van der Waals surface area contributed by atoms with E-state index in [9.17, 15) is 18.0 Å². The minimum absolute atomic E-state index is 0.0272. The second-order valence-electron chi connectivity index (χ2n) is 6.93. The number of amides is 1. The summed E-state index contributed by atoms with van der Waals surface area (Å²) in [6.45, 7) is -0.0966. The number of carbonyl (C=O) groups excluding carboxylic acids is 1. The minimum atomic E-state index is -4.44. The number of benzene rings is 2. The zero-order chi connectivity index (χ0) is 22.7. The first kappa shape index (κ1) is 21.6. The SMILES string of the molecule is O=C(Cn1cccc1-c1nc(-c2ccc(Cl)cc2)no1)NCc1cccc(C(F)(F)F)c1. The van der Waals surface area contributed by atoms with Crippen LogP contribution in [-0.4, -0.2) is 20.6 Å². The van der Waals surface area contributed by atoms with Crippen LogP contribution in [0.3, 0.4) is 0 Å². The van der Waals surface area contributed by atoms with Gasteiger partial charge in [0, 0.05) is 23.3 Å². The summed E-state index contributed by atoms with van der Waals surface area (Å²) in [5.41, 5.74) is 0.850. The van der Waals surface area contributed by atoms with Crippen molar-refractivity contribution in [1.82, 2.24) is 20.0 Å². The molecule has 1 N–H and O–H groups in total. The molecule has 0 saturated heterocycles. The Hall–Kier alpha value is -3.59. The van der Waals surface area contributed by atoms with Gasteiger partial charge in [-0.25, -0.2) is 0 Å². The Bertz CT molecular complexity index is 1230. The zero-order valence-electron chi connectivity index (χ0n) is 16.4. The Kier molecular flexibility index (Phi) is 6.00. The Balaban J connectivity index is 1.42. The molecule has 0 aliphatic heterocycles. The van der Waals surface area contributed by atoms with Crippen LogP contribution in [0.4, 0.5) is 13.2 Å². The van der Waals surface area contributed by atoms with Gasteiger partial charge in [-0.3, -0.25) is 4.79 Å². The van der Waals surface area contributed by atoms with E-state index in [4.69, 9.17) is 16.1 Å². The Morgan fingerprint density at radius 2 is 1.88 bits per heavy atom. The van der Waals surface area contributed by atoms with Gasteiger partial charge >= 0.3 is 6.18 Å². The predicted molar refractivity (Wildman–Crippen MR) is 111 cm³/mol. The lowest BCUT2D eigenvalue weighted by molar-refractivity contribution is -0.137. The Morgan fingerprint density at radius 3 is 2.62 bits per heavy atom. The molecule has 0 unspecified atom stereocenters. The summed E-state index contributed by atoms with van der Waals surface area (Å²) < 4.78 is 45.5. The van der Waals surface area contributed by atoms with E-state index in [0.29, 0.717) is 22.1 Å². The molecule has 0 fully saturated rings. The molecule has 4 aromatic rings. The molecule has 1 amide bonds. The van der Waals surface area contributed by atoms with Crippen molar-refractivity contribution < 1.29 is 22.5 Å². The molecule has 2 aromatic heterocycles. The van der Waals surface area contributed by atoms with E-state index >= 15 is 0 Å². The van der Waals surface area contributed by atoms with Crippen molar-refractivity contribution in [2.75, 3.05) is 0 Å². The first-order valence-electron chi connectivity index (χ1n) is 9.47. The van der Waals surface area contributed by atoms with Gasteiger partial charge in [-0.15, -0.1) is 0 Å². The Morgan fingerprint density at radius 1 is 1.09 bits per heavy atom. The molecule has 6 nitrogen and oxygen atoms in total. The molecule has 0 aliphatic rings. The molecule has 0 saturated carbocycles. The fraction of sp³-hybridized carbons (Fsp3) is 0.136. The van der Waals surface area contributed by atoms with Gasteiger partial charge in [-0.2, -0.15) is 18.2 Å². The number of alkyl halides is 3. The van der Waals surface area contributed by atoms with E-state index in [0.717, 1.165) is 17.7 Å². The molecular formula is C22H16ClF3N4O2. The lowest BCUT2D eigenvalue weighted by atomic mass is 10.1. The second kappa shape index (κ2) is 8.88. The van der Waals surface area contributed by atoms with Crippen molar-refractivity contribution in [3.05, 3.63) is 83.0 Å². The van der Waals surface area contributed by atoms with E-state index in [1.54, 1.807) is 47.2 Å². The summed E-state index contributed by atoms with van der Waals surface area (Å²) in [4.78, 5) is 16.7. The summed E-state index contributed by atoms with van der Waals surface area (Å²) in [5.74, 6) is 0.223. The van der Waals surface area contributed by atoms with Crippen LogP contribution < -0.4 is 5.32 Å². The quantitative estimate of drug-likeness (QED) is 0.429. The average molecular weight is 461 g/mol. The normalized spacial score (nSPS) is 11.5. The maximum Gasteiger partial charge on any atom is 0.416 e. The number of aromatic nitrogens is 3. The van der Waals surface area contributed by atoms with E-state index in [1.165, 1.54) is 12.1 Å². The smallest absolute Gasteiger partial charge is 0.350 e. The fourth-order valence-electron chi connectivity index (χ4n) is 3.06. The highest BCUT2D eigenvalue weighted by Gasteiger charge is 2.30. The molecule has 2 aromatic carbocycles. The lowest BCUT2D eigenvalue weighted by Gasteiger charge is -2.10. The van der Waals surface area contributed by atoms with Crippen LogP contribution in [0.1, 0.15) is 11.1 Å². The molecule has 164 valence electrons. The van der Waals surface area contributed by atoms with Gasteiger partial charge in [0.25, 0.3) is 5.89 Å². The third-order valence-electron chi connectivity index (χ3n) is 4.64. The molecule has 4 rings (SSSR count). The third-order valence-corrected chi connectivity index (χ3v) is 4.89. The molecule has 10 heteroatoms. The van der Waals surface area contributed by atoms with E-state index in [2.05, 4.69) is 15.5 Å². The number of nitrogens with zero attached hydrogens (tertiary/aromatic N) is 3. The summed E-state index contributed by atoms with van der Waals surface area (Å²) in [6, 6.07) is 15.2. The van der Waals surface area contributed by atoms with Gasteiger partial charge in [-0.1, -0.05) is 28.9 Å². The first-order chi connectivity index (χ1) is 15.3. The number of carbonyl (C=O) groups is 1. The minimum Gasteiger partial charge on any atom is -0.350 e. The van der Waals surface area contributed by atoms with Crippen molar-refractivity contribution in [1.29, 1.82) is 0 Å². The average Bonchev–Trinajstić information content (AvgIpc) is 3.42. The van der Waals surface area contributed by atoms with Crippen LogP contribution in [0.5, 0.6) is 0 Å². The number of hydrogen-bond donors (Lipinski definition) is 1. The molecular weight excluding hydrogens is 445 g/mol. The number of nitrogens with one attached hydrogen (secondary N) is 1. The topological polar surface area (TPSA) is 73.0 Å². The number of halogens is 4. The molecule has 2 heterocycles. The summed E-state index contributed by atoms with van der Waals surface area (Å²) >= 11 is 5.89. The lowest BCUT2D eigenvalue weighted by Crippen LogP contribution is -2.27. The highest BCUT2D eigenvalue weighted by molar-refractivity contribution is 6.30. The van der Waals surface area contributed by atoms with E-state index in [1.807, 2.05) is 0 Å². The van der Waals surface area contributed by atoms with Crippen LogP contribution in [0, 0.1) is 0 Å². The van der Waals surface area contributed by atoms with Crippen LogP contribution in [0.2, 0.25) is 5.02 Å². The standard InChI is InChI=1S/C22H16ClF3N4O2/c23-17-8-6-15(7-9-17)20-28-21(32-29-20)18-5-2-10-30(18)13-19(31)27-12-14-3-1-4-16(11-14)22(24,25)26/h1-11H,12-13H2,(H,27,31). The number of rotatable bonds is 6. The molecule has 0 atom stereocenters. The van der Waals surface area contributed by atoms with Crippen LogP contribution in [0.15, 0.2) is 71.4 Å². The van der Waals surface area contributed by atoms with Crippen LogP contribution in [-0.2, 0) is 24.1 Å². The largest absolute Gasteiger partial charge is 0.416 e. The van der Waals surface area contributed by atoms with Crippen LogP contribution >= 0.6 is 11.6 Å². The molecule has 32 heavy (non-hydrogen) atoms. The van der Waals surface area contributed by atoms with Crippen molar-refractivity contribution in [3.8, 4) is 23.0 Å². The van der Waals surface area contributed by atoms with Gasteiger partial charge in [0.05, 0.1) is 5.56 Å². The highest BCUT2D eigenvalue weighted by Crippen LogP contribution is 2.29. The predicted octanol–water partition coefficient (Wildman–Crippen LogP) is 5.19. The summed E-state index contributed by atoms with van der Waals surface area (Å²) in [5, 5.41) is 7.17. The van der Waals surface area contributed by atoms with Gasteiger partial charge in [-0.05, 0) is 54.1 Å². The van der Waals surface area contributed by atoms with Crippen molar-refractivity contribution in [2.45, 2.75) is 19.3 Å². The summed E-state index contributed by atoms with van der Waals surface area (Å²) in [6.07, 6.45) is -2.76. The molecule has 0 spiro atoms. The summed E-state index contributed by atoms with van der Waals surface area (Å²) in [7, 11) is 0. The van der Waals surface area contributed by atoms with Gasteiger partial charge in [0.2, 0.25) is 11.7 Å². The van der Waals surface area contributed by atoms with E-state index < -0.39 is 11.7 Å². The van der Waals surface area contributed by atoms with Gasteiger partial charge in [0.1, 0.15) is 12.2 Å². The van der Waals surface area contributed by atoms with Crippen molar-refractivity contribution in [3.63, 3.8) is 0 Å². The molecule has 0 aliphatic carbocycles. The zero-order valence-corrected chi connectivity index (χ0v) is 17.2. The Labute approximate surface area is 185 Å². The fourth-order valence-corrected chi connectivity index (χ4v) is 3.18.